The van der Waals surface area contributed by atoms with Crippen LogP contribution in [-0.2, 0) is 16.0 Å². The van der Waals surface area contributed by atoms with E-state index in [0.717, 1.165) is 6.42 Å². The highest BCUT2D eigenvalue weighted by Crippen LogP contribution is 2.41. The summed E-state index contributed by atoms with van der Waals surface area (Å²) in [6.07, 6.45) is 6.05. The molecule has 2 aliphatic rings. The number of aryl methyl sites for hydroxylation is 1. The second kappa shape index (κ2) is 5.91. The lowest BCUT2D eigenvalue weighted by molar-refractivity contribution is -0.130. The Balaban J connectivity index is 1.43. The molecule has 0 N–H and O–H groups in total. The van der Waals surface area contributed by atoms with Crippen LogP contribution in [0.5, 0.6) is 0 Å². The zero-order valence-corrected chi connectivity index (χ0v) is 13.9. The topological polar surface area (TPSA) is 105 Å². The van der Waals surface area contributed by atoms with Gasteiger partial charge in [-0.15, -0.1) is 0 Å². The number of amides is 2. The Morgan fingerprint density at radius 1 is 1.32 bits per heavy atom. The van der Waals surface area contributed by atoms with Crippen molar-refractivity contribution < 1.29 is 14.1 Å². The highest BCUT2D eigenvalue weighted by atomic mass is 16.5. The minimum atomic E-state index is -0.201. The van der Waals surface area contributed by atoms with E-state index in [1.54, 1.807) is 29.1 Å². The van der Waals surface area contributed by atoms with Gasteiger partial charge in [-0.1, -0.05) is 5.16 Å². The Hall–Kier alpha value is -2.84. The van der Waals surface area contributed by atoms with Crippen LogP contribution >= 0.6 is 0 Å². The van der Waals surface area contributed by atoms with Crippen LogP contribution < -0.4 is 4.90 Å². The summed E-state index contributed by atoms with van der Waals surface area (Å²) in [4.78, 5) is 40.5. The Bertz CT molecular complexity index is 807. The average Bonchev–Trinajstić information content (AvgIpc) is 3.29. The molecule has 0 aliphatic carbocycles. The van der Waals surface area contributed by atoms with Crippen molar-refractivity contribution in [1.29, 1.82) is 0 Å². The van der Waals surface area contributed by atoms with Gasteiger partial charge in [-0.05, 0) is 13.3 Å². The molecule has 2 amide bonds. The third-order valence-electron chi connectivity index (χ3n) is 4.84. The predicted octanol–water partition coefficient (Wildman–Crippen LogP) is 0.366. The van der Waals surface area contributed by atoms with Crippen molar-refractivity contribution in [2.24, 2.45) is 5.41 Å². The summed E-state index contributed by atoms with van der Waals surface area (Å²) in [6, 6.07) is 0. The zero-order chi connectivity index (χ0) is 17.4. The van der Waals surface area contributed by atoms with Crippen molar-refractivity contribution in [1.82, 2.24) is 25.0 Å². The first-order chi connectivity index (χ1) is 12.0. The first-order valence-electron chi connectivity index (χ1n) is 8.17. The van der Waals surface area contributed by atoms with Gasteiger partial charge in [0.1, 0.15) is 12.7 Å². The van der Waals surface area contributed by atoms with E-state index < -0.39 is 0 Å². The minimum Gasteiger partial charge on any atom is -0.342 e. The molecular formula is C16H18N6O3. The summed E-state index contributed by atoms with van der Waals surface area (Å²) in [5.74, 6) is 0.850. The summed E-state index contributed by atoms with van der Waals surface area (Å²) in [5, 5.41) is 3.70. The summed E-state index contributed by atoms with van der Waals surface area (Å²) < 4.78 is 5.02. The molecule has 2 fully saturated rings. The number of nitrogens with zero attached hydrogens (tertiary/aromatic N) is 6. The maximum Gasteiger partial charge on any atom is 0.236 e. The Labute approximate surface area is 144 Å². The molecule has 9 heteroatoms. The van der Waals surface area contributed by atoms with Crippen LogP contribution in [0.2, 0.25) is 0 Å². The van der Waals surface area contributed by atoms with Crippen molar-refractivity contribution in [2.75, 3.05) is 24.5 Å². The summed E-state index contributed by atoms with van der Waals surface area (Å²) in [6.45, 7) is 3.50. The molecule has 2 aromatic rings. The van der Waals surface area contributed by atoms with Gasteiger partial charge in [-0.3, -0.25) is 9.59 Å². The molecule has 1 spiro atoms. The first kappa shape index (κ1) is 15.7. The van der Waals surface area contributed by atoms with E-state index in [1.165, 1.54) is 6.33 Å². The molecule has 2 aliphatic heterocycles. The number of hydrogen-bond acceptors (Lipinski definition) is 7. The molecular weight excluding hydrogens is 324 g/mol. The number of hydrogen-bond donors (Lipinski definition) is 0. The molecule has 0 bridgehead atoms. The first-order valence-corrected chi connectivity index (χ1v) is 8.17. The summed E-state index contributed by atoms with van der Waals surface area (Å²) in [7, 11) is 0. The molecule has 4 heterocycles. The van der Waals surface area contributed by atoms with Gasteiger partial charge in [-0.2, -0.15) is 4.98 Å². The summed E-state index contributed by atoms with van der Waals surface area (Å²) in [5.41, 5.74) is 0.503. The predicted molar refractivity (Wildman–Crippen MR) is 85.4 cm³/mol. The second-order valence-electron chi connectivity index (χ2n) is 6.73. The molecule has 2 saturated heterocycles. The maximum absolute atomic E-state index is 12.5. The van der Waals surface area contributed by atoms with E-state index in [1.807, 2.05) is 0 Å². The van der Waals surface area contributed by atoms with Gasteiger partial charge < -0.3 is 14.3 Å². The fourth-order valence-corrected chi connectivity index (χ4v) is 3.64. The molecule has 1 atom stereocenters. The van der Waals surface area contributed by atoms with E-state index in [2.05, 4.69) is 20.1 Å². The van der Waals surface area contributed by atoms with Gasteiger partial charge in [0.05, 0.1) is 18.1 Å². The van der Waals surface area contributed by atoms with Gasteiger partial charge in [0, 0.05) is 31.5 Å². The third kappa shape index (κ3) is 2.97. The van der Waals surface area contributed by atoms with E-state index in [4.69, 9.17) is 4.52 Å². The Morgan fingerprint density at radius 3 is 2.84 bits per heavy atom. The average molecular weight is 342 g/mol. The number of aromatic nitrogens is 4. The van der Waals surface area contributed by atoms with Crippen LogP contribution in [0.25, 0.3) is 0 Å². The van der Waals surface area contributed by atoms with Crippen molar-refractivity contribution in [3.05, 3.63) is 30.4 Å². The minimum absolute atomic E-state index is 0.0468. The van der Waals surface area contributed by atoms with Crippen LogP contribution in [0, 0.1) is 12.3 Å². The zero-order valence-electron chi connectivity index (χ0n) is 13.9. The van der Waals surface area contributed by atoms with Crippen molar-refractivity contribution in [2.45, 2.75) is 26.2 Å². The van der Waals surface area contributed by atoms with Gasteiger partial charge in [0.15, 0.2) is 5.82 Å². The fraction of sp³-hybridized carbons (Fsp3) is 0.500. The number of carbonyl (C=O) groups excluding carboxylic acids is 2. The lowest BCUT2D eigenvalue weighted by atomic mass is 9.86. The third-order valence-corrected chi connectivity index (χ3v) is 4.84. The molecule has 0 saturated carbocycles. The monoisotopic (exact) mass is 342 g/mol. The van der Waals surface area contributed by atoms with E-state index in [-0.39, 0.29) is 23.7 Å². The number of carbonyl (C=O) groups is 2. The maximum atomic E-state index is 12.5. The highest BCUT2D eigenvalue weighted by molar-refractivity contribution is 5.96. The second-order valence-corrected chi connectivity index (χ2v) is 6.73. The highest BCUT2D eigenvalue weighted by Gasteiger charge is 2.48. The van der Waals surface area contributed by atoms with Crippen LogP contribution in [0.15, 0.2) is 23.2 Å². The van der Waals surface area contributed by atoms with E-state index >= 15 is 0 Å². The Morgan fingerprint density at radius 2 is 2.12 bits per heavy atom. The largest absolute Gasteiger partial charge is 0.342 e. The van der Waals surface area contributed by atoms with Gasteiger partial charge in [-0.25, -0.2) is 9.97 Å². The Kier molecular flexibility index (Phi) is 3.70. The van der Waals surface area contributed by atoms with Crippen molar-refractivity contribution >= 4 is 17.5 Å². The number of anilines is 1. The fourth-order valence-electron chi connectivity index (χ4n) is 3.64. The van der Waals surface area contributed by atoms with Gasteiger partial charge in [0.25, 0.3) is 0 Å². The molecule has 9 nitrogen and oxygen atoms in total. The molecule has 130 valence electrons. The molecule has 2 aromatic heterocycles. The van der Waals surface area contributed by atoms with Gasteiger partial charge in [0.2, 0.25) is 17.7 Å². The lowest BCUT2D eigenvalue weighted by Gasteiger charge is -2.23. The molecule has 1 unspecified atom stereocenters. The number of rotatable bonds is 3. The molecule has 25 heavy (non-hydrogen) atoms. The van der Waals surface area contributed by atoms with Crippen LogP contribution in [0.4, 0.5) is 5.69 Å². The SMILES string of the molecule is Cc1noc(CC(=O)N2CCC3(CC(=O)N(c4cncnc4)C3)C2)n1. The van der Waals surface area contributed by atoms with Crippen molar-refractivity contribution in [3.8, 4) is 0 Å². The normalized spacial score (nSPS) is 23.0. The molecule has 4 rings (SSSR count). The van der Waals surface area contributed by atoms with Gasteiger partial charge >= 0.3 is 0 Å². The molecule has 0 aromatic carbocycles. The van der Waals surface area contributed by atoms with Crippen molar-refractivity contribution in [3.63, 3.8) is 0 Å². The summed E-state index contributed by atoms with van der Waals surface area (Å²) >= 11 is 0. The molecule has 0 radical (unpaired) electrons. The van der Waals surface area contributed by atoms with Crippen LogP contribution in [-0.4, -0.2) is 56.5 Å². The number of likely N-dealkylation sites (tertiary alicyclic amines) is 1. The van der Waals surface area contributed by atoms with E-state index in [9.17, 15) is 9.59 Å². The quantitative estimate of drug-likeness (QED) is 0.793. The standard InChI is InChI=1S/C16H18N6O3/c1-11-19-13(25-20-11)4-14(23)21-3-2-16(8-21)5-15(24)22(9-16)12-6-17-10-18-7-12/h6-7,10H,2-5,8-9H2,1H3. The lowest BCUT2D eigenvalue weighted by Crippen LogP contribution is -2.35. The van der Waals surface area contributed by atoms with Crippen LogP contribution in [0.1, 0.15) is 24.6 Å². The smallest absolute Gasteiger partial charge is 0.236 e. The van der Waals surface area contributed by atoms with E-state index in [0.29, 0.717) is 43.5 Å². The van der Waals surface area contributed by atoms with Crippen LogP contribution in [0.3, 0.4) is 0 Å².